The minimum Gasteiger partial charge on any atom is -0.490 e. The van der Waals surface area contributed by atoms with Crippen molar-refractivity contribution < 1.29 is 35.6 Å². The highest BCUT2D eigenvalue weighted by molar-refractivity contribution is 7.90. The third-order valence-corrected chi connectivity index (χ3v) is 7.52. The van der Waals surface area contributed by atoms with Crippen LogP contribution >= 0.6 is 0 Å². The number of carbonyl (C=O) groups excluding carboxylic acids is 1. The number of piperidine rings is 1. The number of alkyl halides is 3. The lowest BCUT2D eigenvalue weighted by Crippen LogP contribution is -2.34. The highest BCUT2D eigenvalue weighted by atomic mass is 32.2. The molecule has 2 aliphatic rings. The number of carbonyl (C=O) groups is 1. The minimum absolute atomic E-state index is 0.0255. The molecule has 2 heterocycles. The first-order chi connectivity index (χ1) is 15.2. The van der Waals surface area contributed by atoms with Gasteiger partial charge in [-0.3, -0.25) is 4.79 Å². The van der Waals surface area contributed by atoms with Crippen LogP contribution in [-0.2, 0) is 21.4 Å². The summed E-state index contributed by atoms with van der Waals surface area (Å²) in [5, 5.41) is 3.52. The molecule has 3 unspecified atom stereocenters. The van der Waals surface area contributed by atoms with Crippen molar-refractivity contribution in [2.75, 3.05) is 19.3 Å². The fourth-order valence-corrected chi connectivity index (χ4v) is 4.69. The van der Waals surface area contributed by atoms with Crippen LogP contribution in [-0.4, -0.2) is 54.8 Å². The van der Waals surface area contributed by atoms with Gasteiger partial charge in [0.25, 0.3) is 5.91 Å². The topological polar surface area (TPSA) is 103 Å². The summed E-state index contributed by atoms with van der Waals surface area (Å²) in [5.41, 5.74) is -0.699. The van der Waals surface area contributed by atoms with E-state index in [1.807, 2.05) is 20.8 Å². The molecule has 2 fully saturated rings. The maximum Gasteiger partial charge on any atom is 0.471 e. The van der Waals surface area contributed by atoms with Crippen molar-refractivity contribution in [3.05, 3.63) is 35.5 Å². The Morgan fingerprint density at radius 3 is 2.58 bits per heavy atom. The number of rotatable bonds is 6. The molecule has 1 aromatic heterocycles. The van der Waals surface area contributed by atoms with Crippen LogP contribution < -0.4 is 4.74 Å². The molecule has 1 aromatic carbocycles. The van der Waals surface area contributed by atoms with Crippen LogP contribution in [0.5, 0.6) is 5.75 Å². The molecule has 0 spiro atoms. The molecule has 0 N–H and O–H groups in total. The number of amides is 1. The lowest BCUT2D eigenvalue weighted by molar-refractivity contribution is -0.159. The number of hydrogen-bond donors (Lipinski definition) is 0. The summed E-state index contributed by atoms with van der Waals surface area (Å²) in [5.74, 6) is -1.64. The third kappa shape index (κ3) is 4.32. The number of fused-ring (bicyclic) bond motifs is 1. The maximum absolute atomic E-state index is 13.4. The summed E-state index contributed by atoms with van der Waals surface area (Å²) in [6.45, 7) is 6.15. The Hall–Kier alpha value is -2.63. The normalized spacial score (nSPS) is 23.5. The van der Waals surface area contributed by atoms with E-state index in [4.69, 9.17) is 4.74 Å². The maximum atomic E-state index is 13.4. The second kappa shape index (κ2) is 7.71. The molecule has 3 atom stereocenters. The fourth-order valence-electron chi connectivity index (χ4n) is 4.04. The highest BCUT2D eigenvalue weighted by Gasteiger charge is 2.65. The van der Waals surface area contributed by atoms with E-state index < -0.39 is 33.2 Å². The van der Waals surface area contributed by atoms with Gasteiger partial charge >= 0.3 is 12.1 Å². The molecule has 180 valence electrons. The predicted molar refractivity (Wildman–Crippen MR) is 109 cm³/mol. The molecular formula is C21H24F3N3O5S. The molecule has 1 saturated carbocycles. The van der Waals surface area contributed by atoms with Crippen LogP contribution in [0.4, 0.5) is 13.2 Å². The van der Waals surface area contributed by atoms with E-state index in [0.29, 0.717) is 6.42 Å². The smallest absolute Gasteiger partial charge is 0.471 e. The molecule has 2 aromatic rings. The zero-order chi connectivity index (χ0) is 24.3. The Morgan fingerprint density at radius 1 is 1.30 bits per heavy atom. The number of sulfone groups is 1. The second-order valence-electron chi connectivity index (χ2n) is 9.16. The number of nitrogens with zero attached hydrogens (tertiary/aromatic N) is 3. The summed E-state index contributed by atoms with van der Waals surface area (Å²) in [4.78, 5) is 18.4. The summed E-state index contributed by atoms with van der Waals surface area (Å²) in [6.07, 6.45) is -3.39. The van der Waals surface area contributed by atoms with Crippen molar-refractivity contribution in [1.29, 1.82) is 0 Å². The van der Waals surface area contributed by atoms with E-state index in [1.54, 1.807) is 0 Å². The molecule has 0 bridgehead atoms. The first-order valence-corrected chi connectivity index (χ1v) is 12.3. The van der Waals surface area contributed by atoms with Crippen molar-refractivity contribution in [2.24, 2.45) is 11.8 Å². The van der Waals surface area contributed by atoms with Crippen molar-refractivity contribution in [1.82, 2.24) is 15.0 Å². The van der Waals surface area contributed by atoms with Gasteiger partial charge in [-0.2, -0.15) is 18.2 Å². The number of benzene rings is 1. The Kier molecular flexibility index (Phi) is 5.50. The molecule has 1 aliphatic carbocycles. The zero-order valence-electron chi connectivity index (χ0n) is 18.5. The molecule has 4 rings (SSSR count). The van der Waals surface area contributed by atoms with Crippen LogP contribution in [0.1, 0.15) is 49.3 Å². The van der Waals surface area contributed by atoms with E-state index in [2.05, 4.69) is 14.7 Å². The molecule has 12 heteroatoms. The molecule has 0 radical (unpaired) electrons. The van der Waals surface area contributed by atoms with Gasteiger partial charge in [0.05, 0.1) is 22.0 Å². The number of hydrogen-bond acceptors (Lipinski definition) is 7. The average molecular weight is 488 g/mol. The Labute approximate surface area is 189 Å². The number of likely N-dealkylation sites (tertiary alicyclic amines) is 1. The van der Waals surface area contributed by atoms with E-state index in [-0.39, 0.29) is 53.1 Å². The molecule has 1 aliphatic heterocycles. The van der Waals surface area contributed by atoms with Gasteiger partial charge in [-0.15, -0.1) is 0 Å². The van der Waals surface area contributed by atoms with Gasteiger partial charge in [-0.1, -0.05) is 19.0 Å². The lowest BCUT2D eigenvalue weighted by atomic mass is 10.1. The second-order valence-corrected chi connectivity index (χ2v) is 11.2. The highest BCUT2D eigenvalue weighted by Crippen LogP contribution is 2.58. The average Bonchev–Trinajstić information content (AvgIpc) is 3.08. The fraction of sp³-hybridized carbons (Fsp3) is 0.571. The van der Waals surface area contributed by atoms with Gasteiger partial charge in [0.1, 0.15) is 5.75 Å². The molecule has 1 saturated heterocycles. The van der Waals surface area contributed by atoms with E-state index in [1.165, 1.54) is 23.1 Å². The number of ether oxygens (including phenoxy) is 1. The summed E-state index contributed by atoms with van der Waals surface area (Å²) >= 11 is 0. The summed E-state index contributed by atoms with van der Waals surface area (Å²) in [7, 11) is -3.58. The van der Waals surface area contributed by atoms with E-state index in [9.17, 15) is 26.4 Å². The van der Waals surface area contributed by atoms with Crippen LogP contribution in [0.25, 0.3) is 0 Å². The minimum atomic E-state index is -4.74. The molecule has 8 nitrogen and oxygen atoms in total. The van der Waals surface area contributed by atoms with Gasteiger partial charge in [-0.05, 0) is 43.4 Å². The quantitative estimate of drug-likeness (QED) is 0.616. The number of halogens is 3. The van der Waals surface area contributed by atoms with Crippen molar-refractivity contribution in [3.63, 3.8) is 0 Å². The van der Waals surface area contributed by atoms with Gasteiger partial charge in [-0.25, -0.2) is 8.42 Å². The molecule has 33 heavy (non-hydrogen) atoms. The molecular weight excluding hydrogens is 463 g/mol. The van der Waals surface area contributed by atoms with Gasteiger partial charge < -0.3 is 14.2 Å². The van der Waals surface area contributed by atoms with Crippen LogP contribution in [0.15, 0.2) is 27.6 Å². The van der Waals surface area contributed by atoms with Gasteiger partial charge in [0.2, 0.25) is 0 Å². The summed E-state index contributed by atoms with van der Waals surface area (Å²) < 4.78 is 73.0. The van der Waals surface area contributed by atoms with Crippen LogP contribution in [0.2, 0.25) is 0 Å². The Morgan fingerprint density at radius 2 is 2.00 bits per heavy atom. The zero-order valence-corrected chi connectivity index (χ0v) is 19.3. The third-order valence-electron chi connectivity index (χ3n) is 6.41. The van der Waals surface area contributed by atoms with E-state index >= 15 is 0 Å². The summed E-state index contributed by atoms with van der Waals surface area (Å²) in [6, 6.07) is 4.13. The SMILES string of the molecule is CC(C)C(C)Oc1ccc(S(C)(=O)=O)cc1C(=O)N1CC2CC2(c2noc(C(F)(F)F)n2)C1. The van der Waals surface area contributed by atoms with Gasteiger partial charge in [0.15, 0.2) is 15.7 Å². The van der Waals surface area contributed by atoms with Crippen molar-refractivity contribution in [2.45, 2.75) is 49.8 Å². The van der Waals surface area contributed by atoms with E-state index in [0.717, 1.165) is 6.26 Å². The van der Waals surface area contributed by atoms with Crippen molar-refractivity contribution in [3.8, 4) is 5.75 Å². The first-order valence-electron chi connectivity index (χ1n) is 10.4. The van der Waals surface area contributed by atoms with Crippen molar-refractivity contribution >= 4 is 15.7 Å². The molecule has 1 amide bonds. The monoisotopic (exact) mass is 487 g/mol. The standard InChI is InChI=1S/C21H24F3N3O5S/c1-11(2)12(3)31-16-6-5-14(33(4,29)30)7-15(16)17(28)27-9-13-8-20(13,10-27)18-25-19(32-26-18)21(22,23)24/h5-7,11-13H,8-10H2,1-4H3. The van der Waals surface area contributed by atoms with Crippen LogP contribution in [0, 0.1) is 11.8 Å². The van der Waals surface area contributed by atoms with Gasteiger partial charge in [0, 0.05) is 19.3 Å². The predicted octanol–water partition coefficient (Wildman–Crippen LogP) is 3.33. The van der Waals surface area contributed by atoms with Crippen LogP contribution in [0.3, 0.4) is 0 Å². The number of aromatic nitrogens is 2. The Bertz CT molecular complexity index is 1190. The lowest BCUT2D eigenvalue weighted by Gasteiger charge is -2.24. The first kappa shape index (κ1) is 23.5. The Balaban J connectivity index is 1.62. The largest absolute Gasteiger partial charge is 0.490 e.